The molecule has 0 aliphatic heterocycles. The Bertz CT molecular complexity index is 104. The fraction of sp³-hybridized carbons (Fsp3) is 1.00. The van der Waals surface area contributed by atoms with E-state index in [4.69, 9.17) is 0 Å². The fourth-order valence-electron chi connectivity index (χ4n) is 1.73. The predicted octanol–water partition coefficient (Wildman–Crippen LogP) is 1.37. The monoisotopic (exact) mass is 395 g/mol. The van der Waals surface area contributed by atoms with Gasteiger partial charge in [0.25, 0.3) is 0 Å². The molecule has 0 amide bonds. The molecule has 1 saturated carbocycles. The van der Waals surface area contributed by atoms with Crippen LogP contribution in [0.5, 0.6) is 0 Å². The molecule has 1 rings (SSSR count). The molecule has 0 heterocycles. The van der Waals surface area contributed by atoms with Gasteiger partial charge in [-0.25, -0.2) is 0 Å². The van der Waals surface area contributed by atoms with Gasteiger partial charge in [-0.15, -0.1) is 0 Å². The minimum Gasteiger partial charge on any atom is -0.317 e. The average Bonchev–Trinajstić information content (AvgIpc) is 2.16. The Morgan fingerprint density at radius 2 is 1.33 bits per heavy atom. The summed E-state index contributed by atoms with van der Waals surface area (Å²) in [4.78, 5) is 0. The molecule has 12 heavy (non-hydrogen) atoms. The van der Waals surface area contributed by atoms with E-state index in [2.05, 4.69) is 58.1 Å². The van der Waals surface area contributed by atoms with E-state index in [0.29, 0.717) is 18.1 Å². The smallest absolute Gasteiger partial charge is 0.0193 e. The van der Waals surface area contributed by atoms with Gasteiger partial charge >= 0.3 is 0 Å². The van der Waals surface area contributed by atoms with E-state index in [1.165, 1.54) is 19.3 Å². The molecular weight excluding hydrogens is 380 g/mol. The van der Waals surface area contributed by atoms with Crippen LogP contribution in [-0.4, -0.2) is 25.2 Å². The van der Waals surface area contributed by atoms with Gasteiger partial charge < -0.3 is 5.32 Å². The minimum atomic E-state index is 0.657. The lowest BCUT2D eigenvalue weighted by molar-refractivity contribution is 0.308. The van der Waals surface area contributed by atoms with Gasteiger partial charge in [0.05, 0.1) is 0 Å². The van der Waals surface area contributed by atoms with E-state index in [9.17, 15) is 0 Å². The van der Waals surface area contributed by atoms with Crippen LogP contribution >= 0.6 is 45.7 Å². The summed E-state index contributed by atoms with van der Waals surface area (Å²) in [6.45, 7) is 0. The van der Waals surface area contributed by atoms with Crippen molar-refractivity contribution in [2.75, 3.05) is 7.05 Å². The van der Waals surface area contributed by atoms with E-state index in [1.807, 2.05) is 7.05 Å². The van der Waals surface area contributed by atoms with Crippen LogP contribution in [0, 0.1) is 0 Å². The summed E-state index contributed by atoms with van der Waals surface area (Å²) in [5.41, 5.74) is 0. The lowest BCUT2D eigenvalue weighted by Crippen LogP contribution is -2.46. The molecule has 1 fully saturated rings. The zero-order chi connectivity index (χ0) is 8.97. The molecule has 0 spiro atoms. The number of hydrogen-bond donors (Lipinski definition) is 3. The third-order valence-corrected chi connectivity index (χ3v) is 4.19. The van der Waals surface area contributed by atoms with Gasteiger partial charge in [-0.1, -0.05) is 0 Å². The van der Waals surface area contributed by atoms with Crippen molar-refractivity contribution in [2.24, 2.45) is 0 Å². The fourth-order valence-corrected chi connectivity index (χ4v) is 2.75. The summed E-state index contributed by atoms with van der Waals surface area (Å²) in [6.07, 6.45) is 3.73. The first-order valence-corrected chi connectivity index (χ1v) is 6.35. The molecule has 0 bridgehead atoms. The van der Waals surface area contributed by atoms with Gasteiger partial charge in [-0.2, -0.15) is 0 Å². The largest absolute Gasteiger partial charge is 0.317 e. The standard InChI is InChI=1S/C7H15I2N3/c1-10-5-2-6(11-8)4-7(3-5)12-9/h5-7,10-12H,2-4H2,1H3. The second-order valence-corrected chi connectivity index (χ2v) is 4.55. The average molecular weight is 395 g/mol. The van der Waals surface area contributed by atoms with Crippen LogP contribution in [0.3, 0.4) is 0 Å². The highest BCUT2D eigenvalue weighted by molar-refractivity contribution is 14.1. The second kappa shape index (κ2) is 5.94. The lowest BCUT2D eigenvalue weighted by atomic mass is 9.88. The molecule has 0 aromatic heterocycles. The molecule has 0 radical (unpaired) electrons. The van der Waals surface area contributed by atoms with Crippen LogP contribution in [0.25, 0.3) is 0 Å². The zero-order valence-electron chi connectivity index (χ0n) is 7.11. The van der Waals surface area contributed by atoms with Crippen molar-refractivity contribution in [1.29, 1.82) is 0 Å². The molecule has 2 unspecified atom stereocenters. The number of nitrogens with one attached hydrogen (secondary N) is 3. The summed E-state index contributed by atoms with van der Waals surface area (Å²) in [6, 6.07) is 1.98. The van der Waals surface area contributed by atoms with Gasteiger partial charge in [-0.05, 0) is 26.3 Å². The quantitative estimate of drug-likeness (QED) is 0.500. The van der Waals surface area contributed by atoms with Crippen molar-refractivity contribution in [3.8, 4) is 0 Å². The Kier molecular flexibility index (Phi) is 5.65. The van der Waals surface area contributed by atoms with Crippen molar-refractivity contribution < 1.29 is 0 Å². The molecule has 72 valence electrons. The first-order chi connectivity index (χ1) is 5.80. The third kappa shape index (κ3) is 3.24. The Hall–Kier alpha value is 1.34. The molecule has 1 aliphatic carbocycles. The Morgan fingerprint density at radius 3 is 1.67 bits per heavy atom. The summed E-state index contributed by atoms with van der Waals surface area (Å²) < 4.78 is 6.64. The predicted molar refractivity (Wildman–Crippen MR) is 68.6 cm³/mol. The maximum absolute atomic E-state index is 3.35. The maximum Gasteiger partial charge on any atom is 0.0193 e. The van der Waals surface area contributed by atoms with E-state index < -0.39 is 0 Å². The zero-order valence-corrected chi connectivity index (χ0v) is 11.4. The minimum absolute atomic E-state index is 0.657. The van der Waals surface area contributed by atoms with Crippen LogP contribution in [0.2, 0.25) is 0 Å². The highest BCUT2D eigenvalue weighted by atomic mass is 127. The van der Waals surface area contributed by atoms with Crippen LogP contribution in [0.4, 0.5) is 0 Å². The van der Waals surface area contributed by atoms with Crippen molar-refractivity contribution >= 4 is 45.7 Å². The van der Waals surface area contributed by atoms with Gasteiger partial charge in [0.15, 0.2) is 0 Å². The Labute approximate surface area is 102 Å². The molecule has 2 atom stereocenters. The SMILES string of the molecule is CNC1CC(NI)CC(NI)C1. The summed E-state index contributed by atoms with van der Waals surface area (Å²) >= 11 is 4.50. The van der Waals surface area contributed by atoms with Crippen molar-refractivity contribution in [3.63, 3.8) is 0 Å². The molecule has 0 aromatic rings. The highest BCUT2D eigenvalue weighted by Gasteiger charge is 2.26. The van der Waals surface area contributed by atoms with E-state index in [-0.39, 0.29) is 0 Å². The topological polar surface area (TPSA) is 36.1 Å². The van der Waals surface area contributed by atoms with Crippen LogP contribution in [-0.2, 0) is 0 Å². The molecule has 3 nitrogen and oxygen atoms in total. The van der Waals surface area contributed by atoms with Crippen molar-refractivity contribution in [1.82, 2.24) is 12.4 Å². The lowest BCUT2D eigenvalue weighted by Gasteiger charge is -2.33. The van der Waals surface area contributed by atoms with Crippen molar-refractivity contribution in [3.05, 3.63) is 0 Å². The normalized spacial score (nSPS) is 36.8. The second-order valence-electron chi connectivity index (χ2n) is 3.30. The number of halogens is 2. The first kappa shape index (κ1) is 11.4. The molecule has 0 saturated heterocycles. The van der Waals surface area contributed by atoms with Gasteiger partial charge in [-0.3, -0.25) is 7.06 Å². The van der Waals surface area contributed by atoms with Gasteiger partial charge in [0.1, 0.15) is 0 Å². The first-order valence-electron chi connectivity index (χ1n) is 4.19. The number of hydrogen-bond acceptors (Lipinski definition) is 3. The van der Waals surface area contributed by atoms with Crippen LogP contribution in [0.1, 0.15) is 19.3 Å². The molecular formula is C7H15I2N3. The van der Waals surface area contributed by atoms with E-state index >= 15 is 0 Å². The van der Waals surface area contributed by atoms with Crippen LogP contribution in [0.15, 0.2) is 0 Å². The van der Waals surface area contributed by atoms with E-state index in [0.717, 1.165) is 0 Å². The molecule has 5 heteroatoms. The Morgan fingerprint density at radius 1 is 0.917 bits per heavy atom. The summed E-state index contributed by atoms with van der Waals surface area (Å²) in [7, 11) is 2.05. The molecule has 1 aliphatic rings. The van der Waals surface area contributed by atoms with Gasteiger partial charge in [0.2, 0.25) is 0 Å². The third-order valence-electron chi connectivity index (χ3n) is 2.42. The summed E-state index contributed by atoms with van der Waals surface area (Å²) in [5.74, 6) is 0. The van der Waals surface area contributed by atoms with Crippen LogP contribution < -0.4 is 12.4 Å². The highest BCUT2D eigenvalue weighted by Crippen LogP contribution is 2.20. The van der Waals surface area contributed by atoms with Crippen molar-refractivity contribution in [2.45, 2.75) is 37.4 Å². The van der Waals surface area contributed by atoms with E-state index in [1.54, 1.807) is 0 Å². The molecule has 0 aromatic carbocycles. The molecule has 3 N–H and O–H groups in total. The maximum atomic E-state index is 3.35. The number of rotatable bonds is 3. The Balaban J connectivity index is 2.41. The van der Waals surface area contributed by atoms with Gasteiger partial charge in [0, 0.05) is 63.9 Å². The summed E-state index contributed by atoms with van der Waals surface area (Å²) in [5, 5.41) is 3.35.